The Bertz CT molecular complexity index is 1610. The Morgan fingerprint density at radius 2 is 1.80 bits per heavy atom. The second kappa shape index (κ2) is 12.3. The lowest BCUT2D eigenvalue weighted by Crippen LogP contribution is -2.29. The summed E-state index contributed by atoms with van der Waals surface area (Å²) in [5, 5.41) is 21.1. The predicted octanol–water partition coefficient (Wildman–Crippen LogP) is 7.92. The van der Waals surface area contributed by atoms with Gasteiger partial charge in [-0.1, -0.05) is 92.6 Å². The van der Waals surface area contributed by atoms with Crippen LogP contribution in [0, 0.1) is 0 Å². The molecule has 7 nitrogen and oxygen atoms in total. The highest BCUT2D eigenvalue weighted by molar-refractivity contribution is 9.10. The molecule has 2 heterocycles. The first kappa shape index (κ1) is 28.6. The summed E-state index contributed by atoms with van der Waals surface area (Å²) in [5.41, 5.74) is 1.86. The maximum absolute atomic E-state index is 13.4. The fraction of sp³-hybridized carbons (Fsp3) is 0.143. The van der Waals surface area contributed by atoms with Crippen molar-refractivity contribution >= 4 is 84.8 Å². The monoisotopic (exact) mass is 675 g/mol. The molecular weight excluding hydrogens is 657 g/mol. The Labute approximate surface area is 256 Å². The van der Waals surface area contributed by atoms with E-state index < -0.39 is 17.7 Å². The first-order chi connectivity index (χ1) is 19.3. The highest BCUT2D eigenvalue weighted by Gasteiger charge is 2.48. The first-order valence-electron chi connectivity index (χ1n) is 12.0. The van der Waals surface area contributed by atoms with Crippen LogP contribution in [0.15, 0.2) is 81.1 Å². The summed E-state index contributed by atoms with van der Waals surface area (Å²) in [4.78, 5) is 28.1. The molecule has 0 aliphatic carbocycles. The van der Waals surface area contributed by atoms with Crippen molar-refractivity contribution in [2.24, 2.45) is 0 Å². The van der Waals surface area contributed by atoms with Gasteiger partial charge in [0, 0.05) is 25.8 Å². The van der Waals surface area contributed by atoms with Crippen molar-refractivity contribution in [1.29, 1.82) is 0 Å². The standard InChI is InChI=1S/C28H20BrCl2N3O4S2/c1-2-38-20-11-6-15(7-12-20)23-22(24(35)16-3-8-18(29)9-4-16)25(36)26(37)34(23)27-32-33-28(40-27)39-14-17-5-10-19(30)13-21(17)31/h3-13,23,35H,2,14H2,1H3/b24-22-. The van der Waals surface area contributed by atoms with Gasteiger partial charge in [0.25, 0.3) is 5.78 Å². The van der Waals surface area contributed by atoms with Crippen molar-refractivity contribution in [3.8, 4) is 5.75 Å². The molecule has 1 unspecified atom stereocenters. The zero-order chi connectivity index (χ0) is 28.4. The Hall–Kier alpha value is -2.89. The number of aliphatic hydroxyl groups is 1. The number of ether oxygens (including phenoxy) is 1. The maximum Gasteiger partial charge on any atom is 0.301 e. The number of Topliss-reactive ketones (excluding diaryl/α,β-unsaturated/α-hetero) is 1. The highest BCUT2D eigenvalue weighted by Crippen LogP contribution is 2.44. The van der Waals surface area contributed by atoms with Gasteiger partial charge in [-0.3, -0.25) is 14.5 Å². The SMILES string of the molecule is CCOc1ccc(C2/C(=C(/O)c3ccc(Br)cc3)C(=O)C(=O)N2c2nnc(SCc3ccc(Cl)cc3Cl)s2)cc1. The van der Waals surface area contributed by atoms with Gasteiger partial charge in [-0.2, -0.15) is 0 Å². The molecule has 3 aromatic carbocycles. The number of nitrogens with zero attached hydrogens (tertiary/aromatic N) is 3. The lowest BCUT2D eigenvalue weighted by Gasteiger charge is -2.22. The van der Waals surface area contributed by atoms with Gasteiger partial charge in [0.15, 0.2) is 4.34 Å². The van der Waals surface area contributed by atoms with Gasteiger partial charge in [0.05, 0.1) is 18.2 Å². The summed E-state index contributed by atoms with van der Waals surface area (Å²) in [7, 11) is 0. The molecule has 40 heavy (non-hydrogen) atoms. The zero-order valence-corrected chi connectivity index (χ0v) is 25.5. The third kappa shape index (κ3) is 5.91. The van der Waals surface area contributed by atoms with Gasteiger partial charge < -0.3 is 9.84 Å². The van der Waals surface area contributed by atoms with Crippen LogP contribution in [0.3, 0.4) is 0 Å². The molecule has 1 N–H and O–H groups in total. The van der Waals surface area contributed by atoms with Gasteiger partial charge in [-0.15, -0.1) is 10.2 Å². The minimum Gasteiger partial charge on any atom is -0.507 e. The first-order valence-corrected chi connectivity index (χ1v) is 15.3. The molecular formula is C28H20BrCl2N3O4S2. The predicted molar refractivity (Wildman–Crippen MR) is 162 cm³/mol. The molecule has 1 saturated heterocycles. The average Bonchev–Trinajstić information content (AvgIpc) is 3.51. The van der Waals surface area contributed by atoms with Crippen LogP contribution in [-0.4, -0.2) is 33.6 Å². The van der Waals surface area contributed by atoms with E-state index in [2.05, 4.69) is 26.1 Å². The Morgan fingerprint density at radius 1 is 1.07 bits per heavy atom. The van der Waals surface area contributed by atoms with E-state index in [1.807, 2.05) is 13.0 Å². The maximum atomic E-state index is 13.4. The van der Waals surface area contributed by atoms with Crippen molar-refractivity contribution in [2.75, 3.05) is 11.5 Å². The number of amides is 1. The van der Waals surface area contributed by atoms with Crippen LogP contribution < -0.4 is 9.64 Å². The van der Waals surface area contributed by atoms with Crippen molar-refractivity contribution < 1.29 is 19.4 Å². The van der Waals surface area contributed by atoms with Crippen molar-refractivity contribution in [3.05, 3.63) is 104 Å². The minimum absolute atomic E-state index is 0.0335. The molecule has 1 aliphatic heterocycles. The lowest BCUT2D eigenvalue weighted by atomic mass is 9.95. The second-order valence-corrected chi connectivity index (χ2v) is 12.5. The average molecular weight is 677 g/mol. The van der Waals surface area contributed by atoms with Gasteiger partial charge in [0.1, 0.15) is 11.5 Å². The highest BCUT2D eigenvalue weighted by atomic mass is 79.9. The minimum atomic E-state index is -0.921. The molecule has 1 aliphatic rings. The number of thioether (sulfide) groups is 1. The number of benzene rings is 3. The number of rotatable bonds is 8. The topological polar surface area (TPSA) is 92.6 Å². The third-order valence-electron chi connectivity index (χ3n) is 6.04. The molecule has 5 rings (SSSR count). The van der Waals surface area contributed by atoms with Crippen LogP contribution in [0.1, 0.15) is 29.7 Å². The number of hydrogen-bond acceptors (Lipinski definition) is 8. The number of hydrogen-bond donors (Lipinski definition) is 1. The van der Waals surface area contributed by atoms with E-state index in [9.17, 15) is 14.7 Å². The Morgan fingerprint density at radius 3 is 2.48 bits per heavy atom. The van der Waals surface area contributed by atoms with E-state index in [-0.39, 0.29) is 16.5 Å². The number of carbonyl (C=O) groups is 2. The summed E-state index contributed by atoms with van der Waals surface area (Å²) >= 11 is 18.2. The normalized spacial score (nSPS) is 16.5. The quantitative estimate of drug-likeness (QED) is 0.0666. The van der Waals surface area contributed by atoms with E-state index in [0.29, 0.717) is 43.6 Å². The van der Waals surface area contributed by atoms with Crippen molar-refractivity contribution in [3.63, 3.8) is 0 Å². The van der Waals surface area contributed by atoms with E-state index in [1.165, 1.54) is 28.0 Å². The molecule has 0 spiro atoms. The van der Waals surface area contributed by atoms with E-state index in [4.69, 9.17) is 27.9 Å². The summed E-state index contributed by atoms with van der Waals surface area (Å²) < 4.78 is 6.96. The molecule has 0 radical (unpaired) electrons. The molecule has 1 amide bonds. The zero-order valence-electron chi connectivity index (χ0n) is 20.8. The number of anilines is 1. The molecule has 0 bridgehead atoms. The molecule has 1 fully saturated rings. The number of carbonyl (C=O) groups excluding carboxylic acids is 2. The smallest absolute Gasteiger partial charge is 0.301 e. The molecule has 4 aromatic rings. The van der Waals surface area contributed by atoms with Crippen LogP contribution in [0.4, 0.5) is 5.13 Å². The van der Waals surface area contributed by atoms with Crippen molar-refractivity contribution in [1.82, 2.24) is 10.2 Å². The fourth-order valence-electron chi connectivity index (χ4n) is 4.16. The van der Waals surface area contributed by atoms with Crippen LogP contribution >= 0.6 is 62.2 Å². The van der Waals surface area contributed by atoms with E-state index in [0.717, 1.165) is 10.0 Å². The Kier molecular flexibility index (Phi) is 8.82. The molecule has 12 heteroatoms. The van der Waals surface area contributed by atoms with E-state index >= 15 is 0 Å². The second-order valence-electron chi connectivity index (χ2n) is 8.55. The largest absolute Gasteiger partial charge is 0.507 e. The summed E-state index contributed by atoms with van der Waals surface area (Å²) in [6.07, 6.45) is 0. The third-order valence-corrected chi connectivity index (χ3v) is 9.26. The van der Waals surface area contributed by atoms with Crippen LogP contribution in [0.5, 0.6) is 5.75 Å². The van der Waals surface area contributed by atoms with Gasteiger partial charge in [0.2, 0.25) is 5.13 Å². The van der Waals surface area contributed by atoms with Gasteiger partial charge in [-0.25, -0.2) is 0 Å². The van der Waals surface area contributed by atoms with Gasteiger partial charge >= 0.3 is 5.91 Å². The summed E-state index contributed by atoms with van der Waals surface area (Å²) in [5.74, 6) is -0.729. The summed E-state index contributed by atoms with van der Waals surface area (Å²) in [6.45, 7) is 2.38. The van der Waals surface area contributed by atoms with Gasteiger partial charge in [-0.05, 0) is 54.4 Å². The molecule has 0 saturated carbocycles. The molecule has 1 aromatic heterocycles. The van der Waals surface area contributed by atoms with Crippen LogP contribution in [0.2, 0.25) is 10.0 Å². The molecule has 1 atom stereocenters. The lowest BCUT2D eigenvalue weighted by molar-refractivity contribution is -0.132. The van der Waals surface area contributed by atoms with Crippen LogP contribution in [-0.2, 0) is 15.3 Å². The number of aliphatic hydroxyl groups excluding tert-OH is 1. The van der Waals surface area contributed by atoms with Crippen molar-refractivity contribution in [2.45, 2.75) is 23.1 Å². The van der Waals surface area contributed by atoms with Crippen LogP contribution in [0.25, 0.3) is 5.76 Å². The Balaban J connectivity index is 1.52. The molecule has 204 valence electrons. The van der Waals surface area contributed by atoms with E-state index in [1.54, 1.807) is 60.7 Å². The number of ketones is 1. The number of aromatic nitrogens is 2. The number of halogens is 3. The summed E-state index contributed by atoms with van der Waals surface area (Å²) in [6, 6.07) is 18.2. The fourth-order valence-corrected chi connectivity index (χ4v) is 6.85.